The lowest BCUT2D eigenvalue weighted by molar-refractivity contribution is 0.264. The molecule has 1 rings (SSSR count). The maximum Gasteiger partial charge on any atom is 0.323 e. The van der Waals surface area contributed by atoms with Crippen LogP contribution < -0.4 is 4.72 Å². The number of hydrogen-bond acceptors (Lipinski definition) is 2. The predicted molar refractivity (Wildman–Crippen MR) is 54.3 cm³/mol. The van der Waals surface area contributed by atoms with E-state index in [2.05, 4.69) is 20.7 Å². The second kappa shape index (κ2) is 4.83. The normalized spacial score (nSPS) is 9.77. The van der Waals surface area contributed by atoms with E-state index in [1.807, 2.05) is 0 Å². The Bertz CT molecular complexity index is 336. The lowest BCUT2D eigenvalue weighted by Crippen LogP contribution is -2.05. The van der Waals surface area contributed by atoms with E-state index in [1.54, 1.807) is 12.1 Å². The van der Waals surface area contributed by atoms with Crippen LogP contribution in [0.4, 0.5) is 9.18 Å². The summed E-state index contributed by atoms with van der Waals surface area (Å²) in [6.07, 6.45) is 0. The zero-order chi connectivity index (χ0) is 9.84. The Labute approximate surface area is 92.1 Å². The molecule has 13 heavy (non-hydrogen) atoms. The molecule has 6 heteroatoms. The fourth-order valence-electron chi connectivity index (χ4n) is 0.658. The number of carbonyl (C=O) groups excluding carboxylic acids is 1. The standard InChI is InChI=1S/C7H4BrClFNOS/c8-6-4(10)2-1-3-5(6)13-11-7(9)12/h1-3H,(H,11,12). The summed E-state index contributed by atoms with van der Waals surface area (Å²) in [4.78, 5) is 10.9. The van der Waals surface area contributed by atoms with Crippen LogP contribution in [0.25, 0.3) is 0 Å². The highest BCUT2D eigenvalue weighted by molar-refractivity contribution is 9.10. The van der Waals surface area contributed by atoms with Crippen molar-refractivity contribution in [2.45, 2.75) is 4.90 Å². The van der Waals surface area contributed by atoms with Crippen molar-refractivity contribution >= 4 is 44.8 Å². The molecule has 0 aliphatic rings. The van der Waals surface area contributed by atoms with Crippen molar-refractivity contribution in [3.05, 3.63) is 28.5 Å². The Morgan fingerprint density at radius 1 is 1.62 bits per heavy atom. The molecule has 0 heterocycles. The highest BCUT2D eigenvalue weighted by Crippen LogP contribution is 2.27. The summed E-state index contributed by atoms with van der Waals surface area (Å²) in [7, 11) is 0. The van der Waals surface area contributed by atoms with Gasteiger partial charge in [-0.3, -0.25) is 9.52 Å². The van der Waals surface area contributed by atoms with Crippen LogP contribution in [-0.2, 0) is 0 Å². The summed E-state index contributed by atoms with van der Waals surface area (Å²) in [6, 6.07) is 4.52. The topological polar surface area (TPSA) is 29.1 Å². The van der Waals surface area contributed by atoms with Crippen LogP contribution >= 0.6 is 39.5 Å². The zero-order valence-corrected chi connectivity index (χ0v) is 9.34. The van der Waals surface area contributed by atoms with Crippen LogP contribution in [0.2, 0.25) is 0 Å². The number of carbonyl (C=O) groups is 1. The Kier molecular flexibility index (Phi) is 4.02. The molecule has 70 valence electrons. The third kappa shape index (κ3) is 3.17. The second-order valence-corrected chi connectivity index (χ2v) is 4.01. The van der Waals surface area contributed by atoms with E-state index in [9.17, 15) is 9.18 Å². The van der Waals surface area contributed by atoms with E-state index in [1.165, 1.54) is 6.07 Å². The van der Waals surface area contributed by atoms with Crippen LogP contribution in [0.1, 0.15) is 0 Å². The van der Waals surface area contributed by atoms with Gasteiger partial charge in [0.1, 0.15) is 5.82 Å². The van der Waals surface area contributed by atoms with Gasteiger partial charge in [-0.2, -0.15) is 0 Å². The van der Waals surface area contributed by atoms with Crippen molar-refractivity contribution in [1.82, 2.24) is 4.72 Å². The smallest absolute Gasteiger partial charge is 0.282 e. The molecular weight excluding hydrogens is 281 g/mol. The molecular formula is C7H4BrClFNOS. The van der Waals surface area contributed by atoms with Crippen molar-refractivity contribution in [2.24, 2.45) is 0 Å². The van der Waals surface area contributed by atoms with Crippen LogP contribution in [-0.4, -0.2) is 5.37 Å². The lowest BCUT2D eigenvalue weighted by atomic mass is 10.3. The van der Waals surface area contributed by atoms with Gasteiger partial charge in [0.25, 0.3) is 0 Å². The monoisotopic (exact) mass is 283 g/mol. The van der Waals surface area contributed by atoms with Gasteiger partial charge in [-0.05, 0) is 51.6 Å². The summed E-state index contributed by atoms with van der Waals surface area (Å²) in [5.41, 5.74) is 0. The molecule has 1 amide bonds. The van der Waals surface area contributed by atoms with Crippen molar-refractivity contribution < 1.29 is 9.18 Å². The molecule has 0 unspecified atom stereocenters. The van der Waals surface area contributed by atoms with E-state index in [0.29, 0.717) is 9.37 Å². The number of benzene rings is 1. The fraction of sp³-hybridized carbons (Fsp3) is 0. The van der Waals surface area contributed by atoms with Crippen LogP contribution in [0.15, 0.2) is 27.6 Å². The van der Waals surface area contributed by atoms with E-state index < -0.39 is 5.37 Å². The van der Waals surface area contributed by atoms with Crippen molar-refractivity contribution in [3.8, 4) is 0 Å². The Hall–Kier alpha value is -0.260. The third-order valence-corrected chi connectivity index (χ3v) is 3.28. The quantitative estimate of drug-likeness (QED) is 0.511. The number of amides is 1. The minimum absolute atomic E-state index is 0.311. The zero-order valence-electron chi connectivity index (χ0n) is 6.18. The average molecular weight is 285 g/mol. The molecule has 1 aromatic rings. The number of rotatable bonds is 2. The van der Waals surface area contributed by atoms with E-state index >= 15 is 0 Å². The first-order valence-corrected chi connectivity index (χ1v) is 5.16. The minimum Gasteiger partial charge on any atom is -0.282 e. The molecule has 0 saturated carbocycles. The van der Waals surface area contributed by atoms with Gasteiger partial charge in [0, 0.05) is 4.90 Å². The number of halogens is 3. The maximum atomic E-state index is 12.9. The fourth-order valence-corrected chi connectivity index (χ4v) is 1.80. The first kappa shape index (κ1) is 10.8. The van der Waals surface area contributed by atoms with E-state index in [4.69, 9.17) is 11.6 Å². The molecule has 0 spiro atoms. The minimum atomic E-state index is -0.693. The van der Waals surface area contributed by atoms with E-state index in [0.717, 1.165) is 11.9 Å². The van der Waals surface area contributed by atoms with Gasteiger partial charge in [-0.25, -0.2) is 4.39 Å². The highest BCUT2D eigenvalue weighted by Gasteiger charge is 2.06. The summed E-state index contributed by atoms with van der Waals surface area (Å²) in [6.45, 7) is 0. The van der Waals surface area contributed by atoms with Gasteiger partial charge >= 0.3 is 5.37 Å². The molecule has 0 bridgehead atoms. The summed E-state index contributed by atoms with van der Waals surface area (Å²) in [5, 5.41) is -0.693. The van der Waals surface area contributed by atoms with Gasteiger partial charge in [-0.1, -0.05) is 6.07 Å². The van der Waals surface area contributed by atoms with Gasteiger partial charge in [0.2, 0.25) is 0 Å². The third-order valence-electron chi connectivity index (χ3n) is 1.16. The van der Waals surface area contributed by atoms with Gasteiger partial charge in [-0.15, -0.1) is 0 Å². The summed E-state index contributed by atoms with van der Waals surface area (Å²) >= 11 is 9.03. The maximum absolute atomic E-state index is 12.9. The molecule has 0 aliphatic carbocycles. The molecule has 0 saturated heterocycles. The molecule has 0 aliphatic heterocycles. The summed E-state index contributed by atoms with van der Waals surface area (Å²) < 4.78 is 15.5. The first-order valence-electron chi connectivity index (χ1n) is 3.17. The Morgan fingerprint density at radius 3 is 2.92 bits per heavy atom. The summed E-state index contributed by atoms with van der Waals surface area (Å²) in [5.74, 6) is -0.381. The first-order chi connectivity index (χ1) is 6.11. The average Bonchev–Trinajstić information content (AvgIpc) is 2.07. The van der Waals surface area contributed by atoms with Gasteiger partial charge < -0.3 is 0 Å². The van der Waals surface area contributed by atoms with E-state index in [-0.39, 0.29) is 5.82 Å². The van der Waals surface area contributed by atoms with Crippen molar-refractivity contribution in [3.63, 3.8) is 0 Å². The predicted octanol–water partition coefficient (Wildman–Crippen LogP) is 3.54. The lowest BCUT2D eigenvalue weighted by Gasteiger charge is -2.02. The van der Waals surface area contributed by atoms with Gasteiger partial charge in [0.05, 0.1) is 4.47 Å². The Morgan fingerprint density at radius 2 is 2.31 bits per heavy atom. The second-order valence-electron chi connectivity index (χ2n) is 2.03. The largest absolute Gasteiger partial charge is 0.323 e. The molecule has 0 fully saturated rings. The SMILES string of the molecule is O=C(Cl)NSc1cccc(F)c1Br. The number of nitrogens with one attached hydrogen (secondary N) is 1. The highest BCUT2D eigenvalue weighted by atomic mass is 79.9. The molecule has 1 aromatic carbocycles. The molecule has 0 atom stereocenters. The molecule has 0 aromatic heterocycles. The number of hydrogen-bond donors (Lipinski definition) is 1. The van der Waals surface area contributed by atoms with Crippen LogP contribution in [0, 0.1) is 5.82 Å². The molecule has 0 radical (unpaired) electrons. The van der Waals surface area contributed by atoms with Crippen molar-refractivity contribution in [2.75, 3.05) is 0 Å². The van der Waals surface area contributed by atoms with Gasteiger partial charge in [0.15, 0.2) is 0 Å². The van der Waals surface area contributed by atoms with Crippen molar-refractivity contribution in [1.29, 1.82) is 0 Å². The molecule has 2 nitrogen and oxygen atoms in total. The van der Waals surface area contributed by atoms with Crippen LogP contribution in [0.3, 0.4) is 0 Å². The molecule has 1 N–H and O–H groups in total. The Balaban J connectivity index is 2.77. The van der Waals surface area contributed by atoms with Crippen LogP contribution in [0.5, 0.6) is 0 Å².